The lowest BCUT2D eigenvalue weighted by molar-refractivity contribution is -0.125. The molecule has 1 saturated heterocycles. The van der Waals surface area contributed by atoms with Gasteiger partial charge in [0.1, 0.15) is 11.6 Å². The number of anilines is 1. The molecule has 8 heteroatoms. The van der Waals surface area contributed by atoms with Crippen LogP contribution in [0.1, 0.15) is 37.8 Å². The predicted octanol–water partition coefficient (Wildman–Crippen LogP) is 4.51. The maximum atomic E-state index is 12.9. The van der Waals surface area contributed by atoms with Crippen LogP contribution in [0, 0.1) is 12.8 Å². The number of carbonyl (C=O) groups is 1. The molecule has 0 bridgehead atoms. The summed E-state index contributed by atoms with van der Waals surface area (Å²) in [6, 6.07) is 16.4. The third-order valence-electron chi connectivity index (χ3n) is 6.06. The molecule has 0 unspecified atom stereocenters. The molecule has 1 aromatic heterocycles. The maximum absolute atomic E-state index is 12.9. The summed E-state index contributed by atoms with van der Waals surface area (Å²) in [4.78, 5) is 27.5. The molecule has 0 radical (unpaired) electrons. The Balaban J connectivity index is 1.41. The van der Waals surface area contributed by atoms with Gasteiger partial charge in [0.15, 0.2) is 0 Å². The smallest absolute Gasteiger partial charge is 0.271 e. The molecule has 0 aliphatic carbocycles. The number of nitrogens with one attached hydrogen (secondary N) is 1. The number of ether oxygens (including phenoxy) is 1. The summed E-state index contributed by atoms with van der Waals surface area (Å²) in [6.45, 7) is 7.68. The number of amides is 1. The SMILES string of the molecule is Cc1ccc(-n2nc(N3CCC[C@H](C(=O)NCc4ccc(OC(C)C)cc4)C3)ccc2=O)cc1Cl. The van der Waals surface area contributed by atoms with Crippen LogP contribution in [-0.2, 0) is 11.3 Å². The monoisotopic (exact) mass is 494 g/mol. The Kier molecular flexibility index (Phi) is 7.76. The summed E-state index contributed by atoms with van der Waals surface area (Å²) in [5.74, 6) is 1.36. The molecule has 2 heterocycles. The van der Waals surface area contributed by atoms with E-state index in [0.717, 1.165) is 36.3 Å². The van der Waals surface area contributed by atoms with Gasteiger partial charge in [0.05, 0.1) is 17.7 Å². The number of benzene rings is 2. The quantitative estimate of drug-likeness (QED) is 0.522. The molecular formula is C27H31ClN4O3. The molecule has 1 aliphatic heterocycles. The third-order valence-corrected chi connectivity index (χ3v) is 6.47. The fourth-order valence-corrected chi connectivity index (χ4v) is 4.33. The number of hydrogen-bond acceptors (Lipinski definition) is 5. The van der Waals surface area contributed by atoms with E-state index in [2.05, 4.69) is 15.3 Å². The van der Waals surface area contributed by atoms with Crippen molar-refractivity contribution < 1.29 is 9.53 Å². The van der Waals surface area contributed by atoms with Crippen molar-refractivity contribution in [2.24, 2.45) is 5.92 Å². The fraction of sp³-hybridized carbons (Fsp3) is 0.370. The Labute approximate surface area is 210 Å². The predicted molar refractivity (Wildman–Crippen MR) is 139 cm³/mol. The first-order valence-electron chi connectivity index (χ1n) is 12.0. The van der Waals surface area contributed by atoms with E-state index >= 15 is 0 Å². The van der Waals surface area contributed by atoms with Crippen molar-refractivity contribution >= 4 is 23.3 Å². The molecule has 1 fully saturated rings. The molecule has 35 heavy (non-hydrogen) atoms. The highest BCUT2D eigenvalue weighted by Crippen LogP contribution is 2.23. The molecule has 184 valence electrons. The van der Waals surface area contributed by atoms with E-state index in [1.807, 2.05) is 57.2 Å². The van der Waals surface area contributed by atoms with Crippen LogP contribution in [0.2, 0.25) is 5.02 Å². The molecule has 1 atom stereocenters. The number of piperidine rings is 1. The zero-order valence-corrected chi connectivity index (χ0v) is 21.1. The van der Waals surface area contributed by atoms with Crippen LogP contribution in [0.3, 0.4) is 0 Å². The summed E-state index contributed by atoms with van der Waals surface area (Å²) >= 11 is 6.26. The van der Waals surface area contributed by atoms with Gasteiger partial charge in [-0.25, -0.2) is 0 Å². The van der Waals surface area contributed by atoms with Gasteiger partial charge >= 0.3 is 0 Å². The normalized spacial score (nSPS) is 15.8. The van der Waals surface area contributed by atoms with Gasteiger partial charge < -0.3 is 15.0 Å². The van der Waals surface area contributed by atoms with Gasteiger partial charge in [0, 0.05) is 30.7 Å². The van der Waals surface area contributed by atoms with E-state index in [0.29, 0.717) is 29.6 Å². The molecule has 1 aliphatic rings. The van der Waals surface area contributed by atoms with Crippen LogP contribution in [-0.4, -0.2) is 34.9 Å². The zero-order chi connectivity index (χ0) is 24.9. The van der Waals surface area contributed by atoms with Gasteiger partial charge in [-0.3, -0.25) is 9.59 Å². The van der Waals surface area contributed by atoms with Crippen molar-refractivity contribution in [3.63, 3.8) is 0 Å². The number of halogens is 1. The largest absolute Gasteiger partial charge is 0.491 e. The van der Waals surface area contributed by atoms with Gasteiger partial charge in [0.25, 0.3) is 5.56 Å². The summed E-state index contributed by atoms with van der Waals surface area (Å²) in [5, 5.41) is 8.22. The number of rotatable bonds is 7. The second-order valence-electron chi connectivity index (χ2n) is 9.19. The van der Waals surface area contributed by atoms with Crippen molar-refractivity contribution in [2.45, 2.75) is 46.3 Å². The highest BCUT2D eigenvalue weighted by atomic mass is 35.5. The van der Waals surface area contributed by atoms with Crippen LogP contribution < -0.4 is 20.5 Å². The average Bonchev–Trinajstić information content (AvgIpc) is 2.85. The summed E-state index contributed by atoms with van der Waals surface area (Å²) in [7, 11) is 0. The van der Waals surface area contributed by atoms with Crippen LogP contribution in [0.15, 0.2) is 59.4 Å². The first-order chi connectivity index (χ1) is 16.8. The average molecular weight is 495 g/mol. The number of aromatic nitrogens is 2. The number of nitrogens with zero attached hydrogens (tertiary/aromatic N) is 3. The lowest BCUT2D eigenvalue weighted by Gasteiger charge is -2.33. The van der Waals surface area contributed by atoms with E-state index in [1.165, 1.54) is 10.7 Å². The Bertz CT molecular complexity index is 1240. The molecular weight excluding hydrogens is 464 g/mol. The lowest BCUT2D eigenvalue weighted by Crippen LogP contribution is -2.43. The number of hydrogen-bond donors (Lipinski definition) is 1. The molecule has 0 saturated carbocycles. The standard InChI is InChI=1S/C27H31ClN4O3/c1-18(2)35-23-10-7-20(8-11-23)16-29-27(34)21-5-4-14-31(17-21)25-12-13-26(33)32(30-25)22-9-6-19(3)24(28)15-22/h6-13,15,18,21H,4-5,14,16-17H2,1-3H3,(H,29,34)/t21-/m0/s1. The zero-order valence-electron chi connectivity index (χ0n) is 20.3. The summed E-state index contributed by atoms with van der Waals surface area (Å²) < 4.78 is 7.03. The minimum Gasteiger partial charge on any atom is -0.491 e. The van der Waals surface area contributed by atoms with Gasteiger partial charge in [-0.15, -0.1) is 5.10 Å². The fourth-order valence-electron chi connectivity index (χ4n) is 4.16. The molecule has 0 spiro atoms. The van der Waals surface area contributed by atoms with E-state index in [-0.39, 0.29) is 23.5 Å². The highest BCUT2D eigenvalue weighted by molar-refractivity contribution is 6.31. The summed E-state index contributed by atoms with van der Waals surface area (Å²) in [6.07, 6.45) is 1.81. The van der Waals surface area contributed by atoms with E-state index in [4.69, 9.17) is 16.3 Å². The third kappa shape index (κ3) is 6.22. The second-order valence-corrected chi connectivity index (χ2v) is 9.60. The van der Waals surface area contributed by atoms with Crippen molar-refractivity contribution in [1.29, 1.82) is 0 Å². The van der Waals surface area contributed by atoms with Crippen LogP contribution in [0.4, 0.5) is 5.82 Å². The molecule has 3 aromatic rings. The van der Waals surface area contributed by atoms with E-state index in [9.17, 15) is 9.59 Å². The van der Waals surface area contributed by atoms with E-state index < -0.39 is 0 Å². The van der Waals surface area contributed by atoms with Crippen LogP contribution in [0.5, 0.6) is 5.75 Å². The van der Waals surface area contributed by atoms with Crippen molar-refractivity contribution in [1.82, 2.24) is 15.1 Å². The van der Waals surface area contributed by atoms with Gasteiger partial charge in [0.2, 0.25) is 5.91 Å². The molecule has 1 amide bonds. The summed E-state index contributed by atoms with van der Waals surface area (Å²) in [5.41, 5.74) is 2.34. The molecule has 2 aromatic carbocycles. The molecule has 1 N–H and O–H groups in total. The number of carbonyl (C=O) groups excluding carboxylic acids is 1. The van der Waals surface area contributed by atoms with Crippen molar-refractivity contribution in [3.05, 3.63) is 81.1 Å². The Hall–Kier alpha value is -3.32. The Morgan fingerprint density at radius 3 is 2.66 bits per heavy atom. The maximum Gasteiger partial charge on any atom is 0.271 e. The number of aryl methyl sites for hydroxylation is 1. The second kappa shape index (κ2) is 11.0. The van der Waals surface area contributed by atoms with Crippen LogP contribution in [0.25, 0.3) is 5.69 Å². The minimum absolute atomic E-state index is 0.0239. The van der Waals surface area contributed by atoms with E-state index in [1.54, 1.807) is 12.1 Å². The highest BCUT2D eigenvalue weighted by Gasteiger charge is 2.27. The Morgan fingerprint density at radius 1 is 1.17 bits per heavy atom. The molecule has 7 nitrogen and oxygen atoms in total. The first-order valence-corrected chi connectivity index (χ1v) is 12.3. The van der Waals surface area contributed by atoms with Gasteiger partial charge in [-0.2, -0.15) is 4.68 Å². The molecule has 4 rings (SSSR count). The van der Waals surface area contributed by atoms with Gasteiger partial charge in [-0.1, -0.05) is 29.8 Å². The Morgan fingerprint density at radius 2 is 1.94 bits per heavy atom. The van der Waals surface area contributed by atoms with Crippen molar-refractivity contribution in [3.8, 4) is 11.4 Å². The van der Waals surface area contributed by atoms with Crippen LogP contribution >= 0.6 is 11.6 Å². The first kappa shape index (κ1) is 24.8. The lowest BCUT2D eigenvalue weighted by atomic mass is 9.97. The minimum atomic E-state index is -0.232. The van der Waals surface area contributed by atoms with Gasteiger partial charge in [-0.05, 0) is 75.1 Å². The van der Waals surface area contributed by atoms with Crippen molar-refractivity contribution in [2.75, 3.05) is 18.0 Å². The topological polar surface area (TPSA) is 76.5 Å².